The molecular weight excluding hydrogens is 269 g/mol. The highest BCUT2D eigenvalue weighted by molar-refractivity contribution is 6.00. The summed E-state index contributed by atoms with van der Waals surface area (Å²) in [5.74, 6) is -0.592. The molecule has 1 amide bonds. The van der Waals surface area contributed by atoms with Gasteiger partial charge < -0.3 is 5.32 Å². The third-order valence-electron chi connectivity index (χ3n) is 3.75. The summed E-state index contributed by atoms with van der Waals surface area (Å²) in [6.07, 6.45) is 0.258. The largest absolute Gasteiger partial charge is 0.325 e. The number of benzene rings is 2. The molecule has 3 rings (SSSR count). The highest BCUT2D eigenvalue weighted by Gasteiger charge is 2.21. The molecule has 0 saturated heterocycles. The third-order valence-corrected chi connectivity index (χ3v) is 3.75. The zero-order valence-corrected chi connectivity index (χ0v) is 11.8. The first-order valence-electron chi connectivity index (χ1n) is 6.70. The highest BCUT2D eigenvalue weighted by Crippen LogP contribution is 2.33. The van der Waals surface area contributed by atoms with Crippen molar-refractivity contribution in [1.82, 2.24) is 0 Å². The lowest BCUT2D eigenvalue weighted by atomic mass is 9.94. The van der Waals surface area contributed by atoms with Gasteiger partial charge in [-0.1, -0.05) is 12.1 Å². The Hall–Kier alpha value is -2.49. The lowest BCUT2D eigenvalue weighted by Gasteiger charge is -2.11. The quantitative estimate of drug-likeness (QED) is 0.857. The summed E-state index contributed by atoms with van der Waals surface area (Å²) in [5, 5.41) is 2.63. The normalized spacial score (nSPS) is 13.0. The molecule has 2 aromatic rings. The van der Waals surface area contributed by atoms with Crippen molar-refractivity contribution < 1.29 is 14.0 Å². The first-order valence-corrected chi connectivity index (χ1v) is 6.70. The SMILES string of the molecule is CC(=O)c1ccc(C)c(-c2cc3c(cc2F)NC(=O)C3)c1. The summed E-state index contributed by atoms with van der Waals surface area (Å²) in [4.78, 5) is 22.9. The molecular formula is C17H14FNO2. The highest BCUT2D eigenvalue weighted by atomic mass is 19.1. The van der Waals surface area contributed by atoms with Crippen LogP contribution in [0.25, 0.3) is 11.1 Å². The average Bonchev–Trinajstić information content (AvgIpc) is 2.77. The zero-order valence-electron chi connectivity index (χ0n) is 11.8. The number of carbonyl (C=O) groups excluding carboxylic acids is 2. The smallest absolute Gasteiger partial charge is 0.228 e. The number of anilines is 1. The maximum absolute atomic E-state index is 14.3. The number of amides is 1. The maximum Gasteiger partial charge on any atom is 0.228 e. The van der Waals surface area contributed by atoms with Crippen molar-refractivity contribution in [2.45, 2.75) is 20.3 Å². The molecule has 0 spiro atoms. The number of carbonyl (C=O) groups is 2. The predicted molar refractivity (Wildman–Crippen MR) is 78.9 cm³/mol. The topological polar surface area (TPSA) is 46.2 Å². The van der Waals surface area contributed by atoms with Crippen LogP contribution >= 0.6 is 0 Å². The predicted octanol–water partition coefficient (Wildman–Crippen LogP) is 3.50. The van der Waals surface area contributed by atoms with Gasteiger partial charge in [-0.3, -0.25) is 9.59 Å². The summed E-state index contributed by atoms with van der Waals surface area (Å²) in [6.45, 7) is 3.35. The van der Waals surface area contributed by atoms with Crippen LogP contribution in [0.5, 0.6) is 0 Å². The number of halogens is 1. The van der Waals surface area contributed by atoms with Crippen LogP contribution in [0.4, 0.5) is 10.1 Å². The molecule has 2 aromatic carbocycles. The maximum atomic E-state index is 14.3. The number of nitrogens with one attached hydrogen (secondary N) is 1. The van der Waals surface area contributed by atoms with Crippen LogP contribution < -0.4 is 5.32 Å². The molecule has 0 saturated carbocycles. The number of hydrogen-bond acceptors (Lipinski definition) is 2. The minimum Gasteiger partial charge on any atom is -0.325 e. The van der Waals surface area contributed by atoms with Crippen molar-refractivity contribution in [3.8, 4) is 11.1 Å². The van der Waals surface area contributed by atoms with Crippen LogP contribution in [0.1, 0.15) is 28.4 Å². The van der Waals surface area contributed by atoms with Gasteiger partial charge in [0.25, 0.3) is 0 Å². The van der Waals surface area contributed by atoms with E-state index in [0.29, 0.717) is 22.4 Å². The van der Waals surface area contributed by atoms with Gasteiger partial charge in [-0.15, -0.1) is 0 Å². The van der Waals surface area contributed by atoms with Gasteiger partial charge >= 0.3 is 0 Å². The molecule has 1 N–H and O–H groups in total. The fraction of sp³-hybridized carbons (Fsp3) is 0.176. The molecule has 0 aliphatic carbocycles. The number of Topliss-reactive ketones (excluding diaryl/α,β-unsaturated/α-hetero) is 1. The number of fused-ring (bicyclic) bond motifs is 1. The molecule has 3 nitrogen and oxygen atoms in total. The first-order chi connectivity index (χ1) is 9.95. The van der Waals surface area contributed by atoms with E-state index in [9.17, 15) is 14.0 Å². The second-order valence-electron chi connectivity index (χ2n) is 5.30. The molecule has 1 aliphatic heterocycles. The molecule has 0 radical (unpaired) electrons. The molecule has 0 fully saturated rings. The van der Waals surface area contributed by atoms with Crippen molar-refractivity contribution in [3.05, 3.63) is 52.8 Å². The second-order valence-corrected chi connectivity index (χ2v) is 5.30. The Kier molecular flexibility index (Phi) is 3.09. The van der Waals surface area contributed by atoms with Crippen LogP contribution in [0.2, 0.25) is 0 Å². The van der Waals surface area contributed by atoms with Crippen LogP contribution in [0.3, 0.4) is 0 Å². The van der Waals surface area contributed by atoms with E-state index in [4.69, 9.17) is 0 Å². The third kappa shape index (κ3) is 2.33. The molecule has 1 aliphatic rings. The van der Waals surface area contributed by atoms with Gasteiger partial charge in [-0.2, -0.15) is 0 Å². The Morgan fingerprint density at radius 1 is 1.19 bits per heavy atom. The minimum absolute atomic E-state index is 0.0605. The fourth-order valence-electron chi connectivity index (χ4n) is 2.59. The van der Waals surface area contributed by atoms with Gasteiger partial charge in [-0.05, 0) is 48.7 Å². The van der Waals surface area contributed by atoms with Crippen LogP contribution in [-0.2, 0) is 11.2 Å². The summed E-state index contributed by atoms with van der Waals surface area (Å²) in [7, 11) is 0. The van der Waals surface area contributed by atoms with Crippen molar-refractivity contribution in [2.24, 2.45) is 0 Å². The van der Waals surface area contributed by atoms with Gasteiger partial charge in [0.05, 0.1) is 6.42 Å². The van der Waals surface area contributed by atoms with Crippen molar-refractivity contribution in [1.29, 1.82) is 0 Å². The van der Waals surface area contributed by atoms with E-state index < -0.39 is 5.82 Å². The van der Waals surface area contributed by atoms with Gasteiger partial charge in [0.2, 0.25) is 5.91 Å². The van der Waals surface area contributed by atoms with Crippen LogP contribution in [0, 0.1) is 12.7 Å². The molecule has 21 heavy (non-hydrogen) atoms. The van der Waals surface area contributed by atoms with E-state index in [1.807, 2.05) is 13.0 Å². The van der Waals surface area contributed by atoms with Gasteiger partial charge in [0, 0.05) is 16.8 Å². The second kappa shape index (κ2) is 4.81. The summed E-state index contributed by atoms with van der Waals surface area (Å²) < 4.78 is 14.3. The Morgan fingerprint density at radius 2 is 1.95 bits per heavy atom. The van der Waals surface area contributed by atoms with E-state index in [2.05, 4.69) is 5.32 Å². The number of ketones is 1. The van der Waals surface area contributed by atoms with E-state index in [1.165, 1.54) is 13.0 Å². The van der Waals surface area contributed by atoms with E-state index in [0.717, 1.165) is 11.1 Å². The number of rotatable bonds is 2. The number of hydrogen-bond donors (Lipinski definition) is 1. The molecule has 0 atom stereocenters. The lowest BCUT2D eigenvalue weighted by molar-refractivity contribution is -0.115. The Bertz CT molecular complexity index is 781. The summed E-state index contributed by atoms with van der Waals surface area (Å²) >= 11 is 0. The molecule has 0 aromatic heterocycles. The Labute approximate surface area is 121 Å². The van der Waals surface area contributed by atoms with E-state index in [-0.39, 0.29) is 18.1 Å². The standard InChI is InChI=1S/C17H14FNO2/c1-9-3-4-11(10(2)20)5-13(9)14-6-12-7-17(21)19-16(12)8-15(14)18/h3-6,8H,7H2,1-2H3,(H,19,21). The first kappa shape index (κ1) is 13.5. The van der Waals surface area contributed by atoms with Crippen molar-refractivity contribution in [2.75, 3.05) is 5.32 Å². The van der Waals surface area contributed by atoms with Crippen molar-refractivity contribution >= 4 is 17.4 Å². The molecule has 0 bridgehead atoms. The van der Waals surface area contributed by atoms with Crippen LogP contribution in [0.15, 0.2) is 30.3 Å². The van der Waals surface area contributed by atoms with Gasteiger partial charge in [-0.25, -0.2) is 4.39 Å². The molecule has 106 valence electrons. The fourth-order valence-corrected chi connectivity index (χ4v) is 2.59. The number of aryl methyl sites for hydroxylation is 1. The molecule has 4 heteroatoms. The van der Waals surface area contributed by atoms with E-state index in [1.54, 1.807) is 18.2 Å². The molecule has 0 unspecified atom stereocenters. The van der Waals surface area contributed by atoms with Gasteiger partial charge in [0.15, 0.2) is 5.78 Å². The average molecular weight is 283 g/mol. The van der Waals surface area contributed by atoms with Crippen LogP contribution in [-0.4, -0.2) is 11.7 Å². The molecule has 1 heterocycles. The Morgan fingerprint density at radius 3 is 2.67 bits per heavy atom. The minimum atomic E-state index is -0.403. The summed E-state index contributed by atoms with van der Waals surface area (Å²) in [5.41, 5.74) is 3.85. The van der Waals surface area contributed by atoms with E-state index >= 15 is 0 Å². The van der Waals surface area contributed by atoms with Crippen molar-refractivity contribution in [3.63, 3.8) is 0 Å². The monoisotopic (exact) mass is 283 g/mol. The summed E-state index contributed by atoms with van der Waals surface area (Å²) in [6, 6.07) is 8.27. The van der Waals surface area contributed by atoms with Gasteiger partial charge in [0.1, 0.15) is 5.82 Å². The Balaban J connectivity index is 2.17. The zero-order chi connectivity index (χ0) is 15.1. The lowest BCUT2D eigenvalue weighted by Crippen LogP contribution is -2.03.